The van der Waals surface area contributed by atoms with Crippen molar-refractivity contribution in [2.75, 3.05) is 24.6 Å². The van der Waals surface area contributed by atoms with Gasteiger partial charge in [-0.25, -0.2) is 0 Å². The van der Waals surface area contributed by atoms with Gasteiger partial charge in [-0.15, -0.1) is 0 Å². The number of hydrogen-bond donors (Lipinski definition) is 0. The Bertz CT molecular complexity index is 648. The maximum absolute atomic E-state index is 12.3. The van der Waals surface area contributed by atoms with Crippen molar-refractivity contribution in [3.8, 4) is 0 Å². The molecule has 0 aromatic heterocycles. The average Bonchev–Trinajstić information content (AvgIpc) is 2.59. The van der Waals surface area contributed by atoms with E-state index in [1.54, 1.807) is 12.1 Å². The largest absolute Gasteiger partial charge is 0.349 e. The quantitative estimate of drug-likeness (QED) is 0.368. The summed E-state index contributed by atoms with van der Waals surface area (Å²) in [4.78, 5) is 0.120. The number of hydrogen-bond acceptors (Lipinski definition) is 7. The van der Waals surface area contributed by atoms with Gasteiger partial charge in [-0.3, -0.25) is 4.18 Å². The van der Waals surface area contributed by atoms with E-state index in [0.717, 1.165) is 9.99 Å². The van der Waals surface area contributed by atoms with E-state index in [9.17, 15) is 8.42 Å². The van der Waals surface area contributed by atoms with Crippen molar-refractivity contribution in [3.63, 3.8) is 0 Å². The van der Waals surface area contributed by atoms with Crippen molar-refractivity contribution in [3.05, 3.63) is 29.8 Å². The molecular weight excluding hydrogens is 451 g/mol. The van der Waals surface area contributed by atoms with Gasteiger partial charge < -0.3 is 18.9 Å². The van der Waals surface area contributed by atoms with Gasteiger partial charge in [-0.1, -0.05) is 40.3 Å². The van der Waals surface area contributed by atoms with Gasteiger partial charge in [-0.05, 0) is 19.1 Å². The van der Waals surface area contributed by atoms with Crippen LogP contribution in [-0.4, -0.2) is 57.5 Å². The zero-order chi connectivity index (χ0) is 17.2. The van der Waals surface area contributed by atoms with Crippen LogP contribution < -0.4 is 0 Å². The Balaban J connectivity index is 1.66. The first-order valence-electron chi connectivity index (χ1n) is 7.50. The summed E-state index contributed by atoms with van der Waals surface area (Å²) < 4.78 is 52.6. The van der Waals surface area contributed by atoms with Crippen molar-refractivity contribution in [2.45, 2.75) is 36.2 Å². The smallest absolute Gasteiger partial charge is 0.297 e. The molecule has 2 saturated heterocycles. The van der Waals surface area contributed by atoms with E-state index in [1.165, 1.54) is 12.1 Å². The lowest BCUT2D eigenvalue weighted by atomic mass is 10.0. The molecule has 2 aliphatic heterocycles. The van der Waals surface area contributed by atoms with E-state index < -0.39 is 22.3 Å². The van der Waals surface area contributed by atoms with Gasteiger partial charge in [0.2, 0.25) is 0 Å². The van der Waals surface area contributed by atoms with Crippen LogP contribution in [0.25, 0.3) is 0 Å². The molecule has 0 saturated carbocycles. The summed E-state index contributed by atoms with van der Waals surface area (Å²) in [7, 11) is -3.84. The summed E-state index contributed by atoms with van der Waals surface area (Å²) >= 11 is 2.22. The summed E-state index contributed by atoms with van der Waals surface area (Å²) in [5.74, 6) is 0. The zero-order valence-electron chi connectivity index (χ0n) is 13.1. The van der Waals surface area contributed by atoms with Crippen LogP contribution >= 0.6 is 22.6 Å². The topological polar surface area (TPSA) is 80.3 Å². The fourth-order valence-electron chi connectivity index (χ4n) is 2.63. The third-order valence-electron chi connectivity index (χ3n) is 3.99. The van der Waals surface area contributed by atoms with Crippen LogP contribution in [0.3, 0.4) is 0 Å². The molecule has 4 atom stereocenters. The first kappa shape index (κ1) is 18.5. The second-order valence-electron chi connectivity index (χ2n) is 5.61. The third kappa shape index (κ3) is 4.09. The third-order valence-corrected chi connectivity index (χ3v) is 6.16. The highest BCUT2D eigenvalue weighted by molar-refractivity contribution is 14.1. The second-order valence-corrected chi connectivity index (χ2v) is 8.11. The second kappa shape index (κ2) is 7.94. The molecule has 2 heterocycles. The molecule has 24 heavy (non-hydrogen) atoms. The van der Waals surface area contributed by atoms with Crippen LogP contribution in [0.15, 0.2) is 29.2 Å². The van der Waals surface area contributed by atoms with Crippen LogP contribution in [-0.2, 0) is 33.2 Å². The van der Waals surface area contributed by atoms with Gasteiger partial charge >= 0.3 is 0 Å². The predicted molar refractivity (Wildman–Crippen MR) is 92.4 cm³/mol. The van der Waals surface area contributed by atoms with E-state index in [1.807, 2.05) is 6.92 Å². The van der Waals surface area contributed by atoms with Gasteiger partial charge in [0.1, 0.15) is 31.9 Å². The molecule has 4 unspecified atom stereocenters. The van der Waals surface area contributed by atoms with E-state index >= 15 is 0 Å². The lowest BCUT2D eigenvalue weighted by molar-refractivity contribution is -0.320. The lowest BCUT2D eigenvalue weighted by Gasteiger charge is -2.43. The van der Waals surface area contributed by atoms with Gasteiger partial charge in [0.15, 0.2) is 0 Å². The molecule has 1 aromatic rings. The van der Waals surface area contributed by atoms with Crippen LogP contribution in [0.5, 0.6) is 0 Å². The fraction of sp³-hybridized carbons (Fsp3) is 0.600. The summed E-state index contributed by atoms with van der Waals surface area (Å²) in [6, 6.07) is 6.50. The first-order chi connectivity index (χ1) is 11.5. The van der Waals surface area contributed by atoms with Crippen LogP contribution in [0, 0.1) is 6.92 Å². The molecule has 134 valence electrons. The van der Waals surface area contributed by atoms with E-state index in [-0.39, 0.29) is 37.3 Å². The molecule has 1 aromatic carbocycles. The highest BCUT2D eigenvalue weighted by Crippen LogP contribution is 2.27. The predicted octanol–water partition coefficient (Wildman–Crippen LogP) is 1.62. The Hall–Kier alpha value is -0.300. The Labute approximate surface area is 154 Å². The van der Waals surface area contributed by atoms with E-state index in [2.05, 4.69) is 22.6 Å². The summed E-state index contributed by atoms with van der Waals surface area (Å²) in [5, 5.41) is 0. The van der Waals surface area contributed by atoms with Gasteiger partial charge in [-0.2, -0.15) is 8.42 Å². The average molecular weight is 470 g/mol. The number of aryl methyl sites for hydroxylation is 1. The number of benzene rings is 1. The minimum Gasteiger partial charge on any atom is -0.349 e. The molecule has 0 spiro atoms. The van der Waals surface area contributed by atoms with Crippen LogP contribution in [0.2, 0.25) is 0 Å². The lowest BCUT2D eigenvalue weighted by Crippen LogP contribution is -2.58. The van der Waals surface area contributed by atoms with Gasteiger partial charge in [0.05, 0.1) is 17.6 Å². The number of rotatable bonds is 5. The molecule has 2 aliphatic rings. The standard InChI is InChI=1S/C15H19IO7S/c1-10-2-4-11(5-3-10)24(17,18)23-7-13-15-14(21-9-20-13)12(6-16)19-8-22-15/h2-5,12-15H,6-9H2,1H3. The minimum absolute atomic E-state index is 0.0552. The van der Waals surface area contributed by atoms with Gasteiger partial charge in [0, 0.05) is 4.43 Å². The maximum atomic E-state index is 12.3. The zero-order valence-corrected chi connectivity index (χ0v) is 16.1. The van der Waals surface area contributed by atoms with Crippen molar-refractivity contribution in [1.29, 1.82) is 0 Å². The number of halogens is 1. The van der Waals surface area contributed by atoms with Crippen molar-refractivity contribution >= 4 is 32.7 Å². The first-order valence-corrected chi connectivity index (χ1v) is 10.4. The normalized spacial score (nSPS) is 30.8. The molecule has 3 rings (SSSR count). The Morgan fingerprint density at radius 1 is 1.04 bits per heavy atom. The van der Waals surface area contributed by atoms with Gasteiger partial charge in [0.25, 0.3) is 10.1 Å². The van der Waals surface area contributed by atoms with Crippen LogP contribution in [0.1, 0.15) is 5.56 Å². The molecule has 0 N–H and O–H groups in total. The molecule has 0 aliphatic carbocycles. The monoisotopic (exact) mass is 470 g/mol. The van der Waals surface area contributed by atoms with E-state index in [4.69, 9.17) is 23.1 Å². The molecule has 2 fully saturated rings. The fourth-order valence-corrected chi connectivity index (χ4v) is 4.31. The van der Waals surface area contributed by atoms with Crippen molar-refractivity contribution in [2.24, 2.45) is 0 Å². The minimum atomic E-state index is -3.84. The molecule has 0 amide bonds. The molecule has 0 radical (unpaired) electrons. The molecular formula is C15H19IO7S. The highest BCUT2D eigenvalue weighted by Gasteiger charge is 2.44. The summed E-state index contributed by atoms with van der Waals surface area (Å²) in [6.45, 7) is 1.94. The van der Waals surface area contributed by atoms with Crippen molar-refractivity contribution < 1.29 is 31.5 Å². The molecule has 7 nitrogen and oxygen atoms in total. The summed E-state index contributed by atoms with van der Waals surface area (Å²) in [5.41, 5.74) is 0.977. The number of alkyl halides is 1. The maximum Gasteiger partial charge on any atom is 0.297 e. The number of fused-ring (bicyclic) bond motifs is 1. The summed E-state index contributed by atoms with van der Waals surface area (Å²) in [6.07, 6.45) is -1.34. The highest BCUT2D eigenvalue weighted by atomic mass is 127. The van der Waals surface area contributed by atoms with E-state index in [0.29, 0.717) is 0 Å². The molecule has 9 heteroatoms. The number of ether oxygens (including phenoxy) is 4. The Kier molecular flexibility index (Phi) is 6.11. The molecule has 0 bridgehead atoms. The SMILES string of the molecule is Cc1ccc(S(=O)(=O)OCC2OCOC3C(CI)OCOC23)cc1. The Morgan fingerprint density at radius 3 is 2.25 bits per heavy atom. The van der Waals surface area contributed by atoms with Crippen LogP contribution in [0.4, 0.5) is 0 Å². The van der Waals surface area contributed by atoms with Crippen molar-refractivity contribution in [1.82, 2.24) is 0 Å². The Morgan fingerprint density at radius 2 is 1.62 bits per heavy atom.